The highest BCUT2D eigenvalue weighted by molar-refractivity contribution is 5.29. The van der Waals surface area contributed by atoms with Gasteiger partial charge in [0.1, 0.15) is 0 Å². The second kappa shape index (κ2) is 7.09. The third-order valence-corrected chi connectivity index (χ3v) is 3.31. The number of nitrogens with one attached hydrogen (secondary N) is 1. The van der Waals surface area contributed by atoms with Crippen LogP contribution >= 0.6 is 0 Å². The van der Waals surface area contributed by atoms with E-state index in [1.54, 1.807) is 0 Å². The van der Waals surface area contributed by atoms with Crippen LogP contribution in [0.2, 0.25) is 0 Å². The molecule has 1 rings (SSSR count). The van der Waals surface area contributed by atoms with Gasteiger partial charge in [-0.05, 0) is 50.6 Å². The van der Waals surface area contributed by atoms with Crippen LogP contribution in [0.3, 0.4) is 0 Å². The first-order valence-corrected chi connectivity index (χ1v) is 7.60. The summed E-state index contributed by atoms with van der Waals surface area (Å²) in [6, 6.07) is 7.50. The van der Waals surface area contributed by atoms with Crippen LogP contribution in [0.5, 0.6) is 0 Å². The number of hydrogen-bond acceptors (Lipinski definition) is 1. The van der Waals surface area contributed by atoms with E-state index >= 15 is 0 Å². The van der Waals surface area contributed by atoms with Crippen molar-refractivity contribution >= 4 is 0 Å². The topological polar surface area (TPSA) is 12.0 Å². The largest absolute Gasteiger partial charge is 0.314 e. The van der Waals surface area contributed by atoms with Crippen molar-refractivity contribution in [1.82, 2.24) is 5.32 Å². The van der Waals surface area contributed by atoms with Gasteiger partial charge in [-0.15, -0.1) is 0 Å². The molecule has 1 N–H and O–H groups in total. The van der Waals surface area contributed by atoms with E-state index in [1.807, 2.05) is 0 Å². The first-order valence-electron chi connectivity index (χ1n) is 7.60. The van der Waals surface area contributed by atoms with Gasteiger partial charge in [-0.25, -0.2) is 0 Å². The van der Waals surface area contributed by atoms with Gasteiger partial charge in [0, 0.05) is 6.04 Å². The van der Waals surface area contributed by atoms with E-state index in [-0.39, 0.29) is 0 Å². The van der Waals surface area contributed by atoms with Gasteiger partial charge in [0.15, 0.2) is 0 Å². The lowest BCUT2D eigenvalue weighted by atomic mass is 9.85. The monoisotopic (exact) mass is 261 g/mol. The summed E-state index contributed by atoms with van der Waals surface area (Å²) in [5.41, 5.74) is 4.60. The fraction of sp³-hybridized carbons (Fsp3) is 0.667. The lowest BCUT2D eigenvalue weighted by molar-refractivity contribution is 0.306. The smallest absolute Gasteiger partial charge is 0.0112 e. The predicted octanol–water partition coefficient (Wildman–Crippen LogP) is 4.65. The molecule has 1 aromatic rings. The Kier molecular flexibility index (Phi) is 6.06. The van der Waals surface area contributed by atoms with Crippen LogP contribution in [0.25, 0.3) is 0 Å². The van der Waals surface area contributed by atoms with Crippen LogP contribution in [0.1, 0.15) is 57.2 Å². The van der Waals surface area contributed by atoms with Crippen molar-refractivity contribution in [3.8, 4) is 0 Å². The average molecular weight is 261 g/mol. The first kappa shape index (κ1) is 16.2. The van der Waals surface area contributed by atoms with Gasteiger partial charge in [-0.3, -0.25) is 0 Å². The molecule has 1 aromatic carbocycles. The standard InChI is InChI=1S/C18H31N/c1-7-8-19-17(13-18(4,5)6)12-16-10-14(2)9-15(3)11-16/h9-11,17,19H,7-8,12-13H2,1-6H3. The molecule has 0 saturated heterocycles. The molecule has 0 saturated carbocycles. The van der Waals surface area contributed by atoms with Crippen LogP contribution in [0, 0.1) is 19.3 Å². The van der Waals surface area contributed by atoms with Crippen LogP contribution in [-0.4, -0.2) is 12.6 Å². The van der Waals surface area contributed by atoms with Gasteiger partial charge in [0.2, 0.25) is 0 Å². The predicted molar refractivity (Wildman–Crippen MR) is 85.8 cm³/mol. The summed E-state index contributed by atoms with van der Waals surface area (Å²) < 4.78 is 0. The van der Waals surface area contributed by atoms with Gasteiger partial charge in [-0.1, -0.05) is 57.0 Å². The Labute approximate surface area is 119 Å². The zero-order chi connectivity index (χ0) is 14.5. The minimum absolute atomic E-state index is 0.379. The number of aryl methyl sites for hydroxylation is 2. The average Bonchev–Trinajstić information content (AvgIpc) is 2.22. The molecule has 0 aromatic heterocycles. The minimum atomic E-state index is 0.379. The van der Waals surface area contributed by atoms with Gasteiger partial charge in [0.05, 0.1) is 0 Å². The minimum Gasteiger partial charge on any atom is -0.314 e. The van der Waals surface area contributed by atoms with Gasteiger partial charge < -0.3 is 5.32 Å². The quantitative estimate of drug-likeness (QED) is 0.786. The van der Waals surface area contributed by atoms with Gasteiger partial charge in [-0.2, -0.15) is 0 Å². The Hall–Kier alpha value is -0.820. The molecule has 1 unspecified atom stereocenters. The van der Waals surface area contributed by atoms with E-state index in [4.69, 9.17) is 0 Å². The molecule has 0 aliphatic carbocycles. The number of benzene rings is 1. The van der Waals surface area contributed by atoms with E-state index in [1.165, 1.54) is 29.5 Å². The highest BCUT2D eigenvalue weighted by atomic mass is 14.9. The highest BCUT2D eigenvalue weighted by Crippen LogP contribution is 2.23. The number of rotatable bonds is 6. The third-order valence-electron chi connectivity index (χ3n) is 3.31. The fourth-order valence-electron chi connectivity index (χ4n) is 2.78. The second-order valence-corrected chi connectivity index (χ2v) is 7.12. The van der Waals surface area contributed by atoms with Crippen molar-refractivity contribution in [2.45, 2.75) is 66.8 Å². The van der Waals surface area contributed by atoms with Crippen molar-refractivity contribution in [2.75, 3.05) is 6.54 Å². The summed E-state index contributed by atoms with van der Waals surface area (Å²) in [5.74, 6) is 0. The number of hydrogen-bond donors (Lipinski definition) is 1. The van der Waals surface area contributed by atoms with E-state index in [9.17, 15) is 0 Å². The Balaban J connectivity index is 2.75. The molecule has 0 bridgehead atoms. The first-order chi connectivity index (χ1) is 8.80. The summed E-state index contributed by atoms with van der Waals surface area (Å²) in [6.07, 6.45) is 3.56. The van der Waals surface area contributed by atoms with Crippen LogP contribution < -0.4 is 5.32 Å². The molecule has 0 fully saturated rings. The second-order valence-electron chi connectivity index (χ2n) is 7.12. The van der Waals surface area contributed by atoms with Crippen molar-refractivity contribution in [1.29, 1.82) is 0 Å². The molecule has 0 heterocycles. The molecule has 1 atom stereocenters. The molecule has 19 heavy (non-hydrogen) atoms. The fourth-order valence-corrected chi connectivity index (χ4v) is 2.78. The Bertz CT molecular complexity index is 367. The van der Waals surface area contributed by atoms with E-state index in [0.717, 1.165) is 13.0 Å². The van der Waals surface area contributed by atoms with E-state index in [0.29, 0.717) is 11.5 Å². The summed E-state index contributed by atoms with van der Waals surface area (Å²) in [5, 5.41) is 3.71. The van der Waals surface area contributed by atoms with Crippen LogP contribution in [0.15, 0.2) is 18.2 Å². The van der Waals surface area contributed by atoms with Crippen molar-refractivity contribution in [3.05, 3.63) is 34.9 Å². The zero-order valence-corrected chi connectivity index (χ0v) is 13.6. The van der Waals surface area contributed by atoms with Crippen molar-refractivity contribution in [3.63, 3.8) is 0 Å². The highest BCUT2D eigenvalue weighted by Gasteiger charge is 2.18. The maximum Gasteiger partial charge on any atom is 0.0112 e. The maximum atomic E-state index is 3.71. The summed E-state index contributed by atoms with van der Waals surface area (Å²) in [6.45, 7) is 14.7. The lowest BCUT2D eigenvalue weighted by Crippen LogP contribution is -2.35. The zero-order valence-electron chi connectivity index (χ0n) is 13.6. The Morgan fingerprint density at radius 3 is 2.11 bits per heavy atom. The van der Waals surface area contributed by atoms with Crippen molar-refractivity contribution < 1.29 is 0 Å². The van der Waals surface area contributed by atoms with Gasteiger partial charge in [0.25, 0.3) is 0 Å². The molecule has 0 aliphatic heterocycles. The molecule has 0 spiro atoms. The molecule has 1 heteroatoms. The molecular formula is C18H31N. The summed E-state index contributed by atoms with van der Waals surface area (Å²) in [7, 11) is 0. The van der Waals surface area contributed by atoms with Crippen LogP contribution in [0.4, 0.5) is 0 Å². The third kappa shape index (κ3) is 6.77. The van der Waals surface area contributed by atoms with E-state index in [2.05, 4.69) is 65.1 Å². The molecule has 108 valence electrons. The molecular weight excluding hydrogens is 230 g/mol. The molecule has 0 radical (unpaired) electrons. The lowest BCUT2D eigenvalue weighted by Gasteiger charge is -2.27. The Morgan fingerprint density at radius 2 is 1.63 bits per heavy atom. The summed E-state index contributed by atoms with van der Waals surface area (Å²) in [4.78, 5) is 0. The van der Waals surface area contributed by atoms with Gasteiger partial charge >= 0.3 is 0 Å². The van der Waals surface area contributed by atoms with Crippen molar-refractivity contribution in [2.24, 2.45) is 5.41 Å². The molecule has 0 amide bonds. The Morgan fingerprint density at radius 1 is 1.05 bits per heavy atom. The normalized spacial score (nSPS) is 13.6. The maximum absolute atomic E-state index is 3.71. The molecule has 0 aliphatic rings. The SMILES string of the molecule is CCCNC(Cc1cc(C)cc(C)c1)CC(C)(C)C. The molecule has 1 nitrogen and oxygen atoms in total. The summed E-state index contributed by atoms with van der Waals surface area (Å²) >= 11 is 0. The van der Waals surface area contributed by atoms with E-state index < -0.39 is 0 Å². The van der Waals surface area contributed by atoms with Crippen LogP contribution in [-0.2, 0) is 6.42 Å².